The molecule has 23 heavy (non-hydrogen) atoms. The molecule has 122 valence electrons. The highest BCUT2D eigenvalue weighted by atomic mass is 16.2. The van der Waals surface area contributed by atoms with Gasteiger partial charge in [0, 0.05) is 26.1 Å². The largest absolute Gasteiger partial charge is 0.332 e. The van der Waals surface area contributed by atoms with Crippen LogP contribution in [0, 0.1) is 5.92 Å². The fourth-order valence-electron chi connectivity index (χ4n) is 3.03. The fourth-order valence-corrected chi connectivity index (χ4v) is 3.03. The first-order valence-electron chi connectivity index (χ1n) is 7.50. The molecule has 2 unspecified atom stereocenters. The lowest BCUT2D eigenvalue weighted by atomic mass is 10.1. The third-order valence-electron chi connectivity index (χ3n) is 4.40. The molecule has 2 aromatic rings. The molecule has 0 aliphatic heterocycles. The maximum atomic E-state index is 12.2. The fraction of sp³-hybridized carbons (Fsp3) is 0.467. The number of hydrogen-bond acceptors (Lipinski definition) is 5. The van der Waals surface area contributed by atoms with E-state index in [4.69, 9.17) is 5.73 Å². The molecule has 1 amide bonds. The molecule has 2 atom stereocenters. The van der Waals surface area contributed by atoms with Crippen molar-refractivity contribution in [2.24, 2.45) is 25.7 Å². The quantitative estimate of drug-likeness (QED) is 0.789. The van der Waals surface area contributed by atoms with Crippen LogP contribution in [0.25, 0.3) is 11.0 Å². The number of anilines is 1. The van der Waals surface area contributed by atoms with Crippen LogP contribution < -0.4 is 22.3 Å². The van der Waals surface area contributed by atoms with Crippen LogP contribution in [0.3, 0.4) is 0 Å². The van der Waals surface area contributed by atoms with Gasteiger partial charge in [0.1, 0.15) is 5.65 Å². The number of carbonyl (C=O) groups is 1. The predicted octanol–water partition coefficient (Wildman–Crippen LogP) is -0.302. The van der Waals surface area contributed by atoms with E-state index in [0.29, 0.717) is 17.8 Å². The van der Waals surface area contributed by atoms with Gasteiger partial charge in [-0.05, 0) is 25.3 Å². The molecule has 0 bridgehead atoms. The van der Waals surface area contributed by atoms with Crippen LogP contribution in [-0.4, -0.2) is 26.1 Å². The molecule has 0 radical (unpaired) electrons. The Morgan fingerprint density at radius 2 is 2.04 bits per heavy atom. The summed E-state index contributed by atoms with van der Waals surface area (Å²) < 4.78 is 2.32. The highest BCUT2D eigenvalue weighted by Crippen LogP contribution is 2.25. The molecule has 0 saturated heterocycles. The molecule has 8 nitrogen and oxygen atoms in total. The van der Waals surface area contributed by atoms with Crippen LogP contribution in [0.5, 0.6) is 0 Å². The number of aryl methyl sites for hydroxylation is 1. The van der Waals surface area contributed by atoms with Crippen molar-refractivity contribution in [3.8, 4) is 0 Å². The topological polar surface area (TPSA) is 112 Å². The minimum absolute atomic E-state index is 0.0716. The molecule has 1 fully saturated rings. The van der Waals surface area contributed by atoms with Crippen LogP contribution in [-0.2, 0) is 18.9 Å². The van der Waals surface area contributed by atoms with Crippen molar-refractivity contribution in [3.05, 3.63) is 33.1 Å². The van der Waals surface area contributed by atoms with Crippen LogP contribution in [0.2, 0.25) is 0 Å². The minimum Gasteiger partial charge on any atom is -0.328 e. The van der Waals surface area contributed by atoms with Gasteiger partial charge in [0.05, 0.1) is 17.3 Å². The molecule has 3 rings (SSSR count). The van der Waals surface area contributed by atoms with Crippen LogP contribution in [0.15, 0.2) is 21.9 Å². The van der Waals surface area contributed by atoms with Gasteiger partial charge in [-0.2, -0.15) is 0 Å². The summed E-state index contributed by atoms with van der Waals surface area (Å²) in [7, 11) is 2.96. The number of nitrogens with one attached hydrogen (secondary N) is 1. The highest BCUT2D eigenvalue weighted by Gasteiger charge is 2.27. The summed E-state index contributed by atoms with van der Waals surface area (Å²) in [5, 5.41) is 3.07. The van der Waals surface area contributed by atoms with Gasteiger partial charge >= 0.3 is 5.69 Å². The third kappa shape index (κ3) is 2.65. The normalized spacial score (nSPS) is 20.8. The number of nitrogens with zero attached hydrogens (tertiary/aromatic N) is 3. The van der Waals surface area contributed by atoms with Gasteiger partial charge < -0.3 is 11.1 Å². The Morgan fingerprint density at radius 1 is 1.30 bits per heavy atom. The van der Waals surface area contributed by atoms with Crippen LogP contribution >= 0.6 is 0 Å². The Labute approximate surface area is 131 Å². The van der Waals surface area contributed by atoms with Gasteiger partial charge in [-0.1, -0.05) is 0 Å². The summed E-state index contributed by atoms with van der Waals surface area (Å²) in [5.41, 5.74) is 5.69. The monoisotopic (exact) mass is 317 g/mol. The lowest BCUT2D eigenvalue weighted by Gasteiger charge is -2.12. The van der Waals surface area contributed by atoms with E-state index in [2.05, 4.69) is 10.3 Å². The summed E-state index contributed by atoms with van der Waals surface area (Å²) in [6.45, 7) is 0. The zero-order chi connectivity index (χ0) is 16.7. The summed E-state index contributed by atoms with van der Waals surface area (Å²) in [5.74, 6) is -0.218. The standard InChI is InChI=1S/C15H19N5O3/c1-19-12-11(14(22)20(2)15(19)23)6-10(7-17-12)18-13(21)8-3-4-9(16)5-8/h6-9H,3-5,16H2,1-2H3,(H,18,21). The van der Waals surface area contributed by atoms with Gasteiger partial charge in [0.25, 0.3) is 5.56 Å². The number of nitrogens with two attached hydrogens (primary N) is 1. The Kier molecular flexibility index (Phi) is 3.77. The molecule has 1 aliphatic carbocycles. The molecular weight excluding hydrogens is 298 g/mol. The smallest absolute Gasteiger partial charge is 0.328 e. The van der Waals surface area contributed by atoms with Crippen LogP contribution in [0.1, 0.15) is 19.3 Å². The second-order valence-corrected chi connectivity index (χ2v) is 6.06. The molecular formula is C15H19N5O3. The summed E-state index contributed by atoms with van der Waals surface area (Å²) in [6, 6.07) is 1.62. The number of amides is 1. The van der Waals surface area contributed by atoms with Gasteiger partial charge in [0.2, 0.25) is 5.91 Å². The SMILES string of the molecule is Cn1c(=O)c2cc(NC(=O)C3CCC(N)C3)cnc2n(C)c1=O. The molecule has 1 saturated carbocycles. The molecule has 3 N–H and O–H groups in total. The molecule has 2 aromatic heterocycles. The number of pyridine rings is 1. The minimum atomic E-state index is -0.438. The zero-order valence-electron chi connectivity index (χ0n) is 13.1. The first-order valence-corrected chi connectivity index (χ1v) is 7.50. The Hall–Kier alpha value is -2.48. The van der Waals surface area contributed by atoms with Crippen molar-refractivity contribution in [3.63, 3.8) is 0 Å². The lowest BCUT2D eigenvalue weighted by molar-refractivity contribution is -0.119. The Bertz CT molecular complexity index is 898. The molecule has 0 aromatic carbocycles. The third-order valence-corrected chi connectivity index (χ3v) is 4.40. The first-order chi connectivity index (χ1) is 10.9. The van der Waals surface area contributed by atoms with E-state index >= 15 is 0 Å². The highest BCUT2D eigenvalue weighted by molar-refractivity contribution is 5.94. The van der Waals surface area contributed by atoms with E-state index in [9.17, 15) is 14.4 Å². The van der Waals surface area contributed by atoms with Gasteiger partial charge in [-0.25, -0.2) is 9.78 Å². The average Bonchev–Trinajstić information content (AvgIpc) is 2.97. The Balaban J connectivity index is 1.96. The average molecular weight is 317 g/mol. The number of hydrogen-bond donors (Lipinski definition) is 2. The Morgan fingerprint density at radius 3 is 2.70 bits per heavy atom. The first kappa shape index (κ1) is 15.4. The van der Waals surface area contributed by atoms with Crippen molar-refractivity contribution in [1.29, 1.82) is 0 Å². The van der Waals surface area contributed by atoms with E-state index in [-0.39, 0.29) is 23.3 Å². The van der Waals surface area contributed by atoms with E-state index in [0.717, 1.165) is 17.4 Å². The zero-order valence-corrected chi connectivity index (χ0v) is 13.1. The number of rotatable bonds is 2. The lowest BCUT2D eigenvalue weighted by Crippen LogP contribution is -2.37. The van der Waals surface area contributed by atoms with Crippen molar-refractivity contribution < 1.29 is 4.79 Å². The van der Waals surface area contributed by atoms with Crippen molar-refractivity contribution in [2.75, 3.05) is 5.32 Å². The van der Waals surface area contributed by atoms with Crippen molar-refractivity contribution in [1.82, 2.24) is 14.1 Å². The summed E-state index contributed by atoms with van der Waals surface area (Å²) in [4.78, 5) is 40.5. The summed E-state index contributed by atoms with van der Waals surface area (Å²) in [6.07, 6.45) is 3.73. The van der Waals surface area contributed by atoms with E-state index in [1.54, 1.807) is 13.1 Å². The molecule has 2 heterocycles. The number of fused-ring (bicyclic) bond motifs is 1. The summed E-state index contributed by atoms with van der Waals surface area (Å²) >= 11 is 0. The van der Waals surface area contributed by atoms with E-state index in [1.165, 1.54) is 17.8 Å². The maximum absolute atomic E-state index is 12.2. The van der Waals surface area contributed by atoms with Gasteiger partial charge in [-0.3, -0.25) is 18.7 Å². The molecule has 1 aliphatic rings. The molecule has 8 heteroatoms. The van der Waals surface area contributed by atoms with Crippen molar-refractivity contribution >= 4 is 22.6 Å². The number of carbonyl (C=O) groups excluding carboxylic acids is 1. The van der Waals surface area contributed by atoms with E-state index in [1.807, 2.05) is 0 Å². The van der Waals surface area contributed by atoms with E-state index < -0.39 is 11.2 Å². The van der Waals surface area contributed by atoms with Gasteiger partial charge in [0.15, 0.2) is 0 Å². The maximum Gasteiger partial charge on any atom is 0.332 e. The number of aromatic nitrogens is 3. The predicted molar refractivity (Wildman–Crippen MR) is 86.2 cm³/mol. The van der Waals surface area contributed by atoms with Crippen molar-refractivity contribution in [2.45, 2.75) is 25.3 Å². The van der Waals surface area contributed by atoms with Gasteiger partial charge in [-0.15, -0.1) is 0 Å². The van der Waals surface area contributed by atoms with Crippen LogP contribution in [0.4, 0.5) is 5.69 Å². The molecule has 0 spiro atoms. The second-order valence-electron chi connectivity index (χ2n) is 6.06. The second kappa shape index (κ2) is 5.62.